The number of amides is 1. The third kappa shape index (κ3) is 2.69. The van der Waals surface area contributed by atoms with Gasteiger partial charge in [0.05, 0.1) is 0 Å². The molecule has 0 unspecified atom stereocenters. The molecule has 1 fully saturated rings. The maximum atomic E-state index is 13.9. The molecular formula is C19H19FN4O2. The minimum Gasteiger partial charge on any atom is -0.338 e. The largest absolute Gasteiger partial charge is 0.338 e. The summed E-state index contributed by atoms with van der Waals surface area (Å²) in [5.74, 6) is -0.470. The average Bonchev–Trinajstić information content (AvgIpc) is 3.29. The maximum absolute atomic E-state index is 13.9. The SMILES string of the molecule is Cc1nc2c(C(=O)N3CCCC3)c[nH]n2c(=O)c1Cc1ccccc1F. The molecule has 0 atom stereocenters. The number of rotatable bonds is 3. The normalized spacial score (nSPS) is 14.3. The van der Waals surface area contributed by atoms with Crippen molar-refractivity contribution < 1.29 is 9.18 Å². The highest BCUT2D eigenvalue weighted by molar-refractivity contribution is 5.99. The summed E-state index contributed by atoms with van der Waals surface area (Å²) < 4.78 is 15.2. The van der Waals surface area contributed by atoms with Gasteiger partial charge in [0.25, 0.3) is 11.5 Å². The van der Waals surface area contributed by atoms with Crippen molar-refractivity contribution in [1.29, 1.82) is 0 Å². The van der Waals surface area contributed by atoms with Crippen LogP contribution in [0.2, 0.25) is 0 Å². The molecule has 3 aromatic rings. The van der Waals surface area contributed by atoms with E-state index in [0.29, 0.717) is 28.0 Å². The number of H-pyrrole nitrogens is 1. The number of hydrogen-bond acceptors (Lipinski definition) is 3. The summed E-state index contributed by atoms with van der Waals surface area (Å²) in [5.41, 5.74) is 1.76. The van der Waals surface area contributed by atoms with Crippen molar-refractivity contribution in [2.45, 2.75) is 26.2 Å². The Kier molecular flexibility index (Phi) is 4.06. The first-order chi connectivity index (χ1) is 12.6. The van der Waals surface area contributed by atoms with E-state index in [2.05, 4.69) is 10.1 Å². The van der Waals surface area contributed by atoms with Crippen LogP contribution in [-0.2, 0) is 6.42 Å². The summed E-state index contributed by atoms with van der Waals surface area (Å²) in [6.07, 6.45) is 3.67. The van der Waals surface area contributed by atoms with Crippen LogP contribution in [0.4, 0.5) is 4.39 Å². The maximum Gasteiger partial charge on any atom is 0.276 e. The van der Waals surface area contributed by atoms with Crippen LogP contribution in [0.1, 0.15) is 40.0 Å². The van der Waals surface area contributed by atoms with Gasteiger partial charge < -0.3 is 4.90 Å². The molecule has 3 heterocycles. The number of benzene rings is 1. The van der Waals surface area contributed by atoms with Gasteiger partial charge in [-0.25, -0.2) is 13.9 Å². The van der Waals surface area contributed by atoms with Crippen LogP contribution in [-0.4, -0.2) is 38.5 Å². The number of fused-ring (bicyclic) bond motifs is 1. The number of likely N-dealkylation sites (tertiary alicyclic amines) is 1. The summed E-state index contributed by atoms with van der Waals surface area (Å²) in [5, 5.41) is 2.83. The number of halogens is 1. The van der Waals surface area contributed by atoms with E-state index in [0.717, 1.165) is 25.9 Å². The van der Waals surface area contributed by atoms with Crippen molar-refractivity contribution in [2.75, 3.05) is 13.1 Å². The number of carbonyl (C=O) groups excluding carboxylic acids is 1. The second kappa shape index (κ2) is 6.40. The lowest BCUT2D eigenvalue weighted by Gasteiger charge is -2.14. The van der Waals surface area contributed by atoms with Gasteiger partial charge in [-0.05, 0) is 31.4 Å². The zero-order chi connectivity index (χ0) is 18.3. The Bertz CT molecular complexity index is 1050. The first-order valence-corrected chi connectivity index (χ1v) is 8.68. The van der Waals surface area contributed by atoms with E-state index in [1.54, 1.807) is 30.0 Å². The number of carbonyl (C=O) groups is 1. The van der Waals surface area contributed by atoms with E-state index >= 15 is 0 Å². The number of aromatic amines is 1. The summed E-state index contributed by atoms with van der Waals surface area (Å²) in [6.45, 7) is 3.17. The predicted molar refractivity (Wildman–Crippen MR) is 94.9 cm³/mol. The highest BCUT2D eigenvalue weighted by Crippen LogP contribution is 2.18. The number of hydrogen-bond donors (Lipinski definition) is 1. The van der Waals surface area contributed by atoms with Crippen molar-refractivity contribution in [2.24, 2.45) is 0 Å². The van der Waals surface area contributed by atoms with Gasteiger partial charge >= 0.3 is 0 Å². The molecule has 1 saturated heterocycles. The summed E-state index contributed by atoms with van der Waals surface area (Å²) in [4.78, 5) is 31.8. The topological polar surface area (TPSA) is 70.5 Å². The molecule has 6 nitrogen and oxygen atoms in total. The molecule has 1 N–H and O–H groups in total. The van der Waals surface area contributed by atoms with Crippen LogP contribution in [0.5, 0.6) is 0 Å². The van der Waals surface area contributed by atoms with Gasteiger partial charge in [-0.2, -0.15) is 0 Å². The monoisotopic (exact) mass is 354 g/mol. The molecule has 0 bridgehead atoms. The fourth-order valence-corrected chi connectivity index (χ4v) is 3.44. The van der Waals surface area contributed by atoms with Crippen LogP contribution >= 0.6 is 0 Å². The number of aryl methyl sites for hydroxylation is 1. The molecule has 1 aliphatic heterocycles. The first-order valence-electron chi connectivity index (χ1n) is 8.68. The Balaban J connectivity index is 1.77. The highest BCUT2D eigenvalue weighted by atomic mass is 19.1. The van der Waals surface area contributed by atoms with Crippen molar-refractivity contribution in [3.63, 3.8) is 0 Å². The number of nitrogens with one attached hydrogen (secondary N) is 1. The second-order valence-corrected chi connectivity index (χ2v) is 6.59. The van der Waals surface area contributed by atoms with E-state index < -0.39 is 0 Å². The fraction of sp³-hybridized carbons (Fsp3) is 0.316. The molecule has 0 aliphatic carbocycles. The third-order valence-corrected chi connectivity index (χ3v) is 4.91. The van der Waals surface area contributed by atoms with Crippen LogP contribution in [0.3, 0.4) is 0 Å². The standard InChI is InChI=1S/C19H19FN4O2/c1-12-14(10-13-6-2-3-7-16(13)20)19(26)24-17(22-12)15(11-21-24)18(25)23-8-4-5-9-23/h2-3,6-7,11,21H,4-5,8-10H2,1H3. The molecular weight excluding hydrogens is 335 g/mol. The van der Waals surface area contributed by atoms with E-state index in [4.69, 9.17) is 0 Å². The molecule has 1 amide bonds. The van der Waals surface area contributed by atoms with Crippen LogP contribution in [0.25, 0.3) is 5.65 Å². The molecule has 1 aliphatic rings. The number of aromatic nitrogens is 3. The summed E-state index contributed by atoms with van der Waals surface area (Å²) >= 11 is 0. The van der Waals surface area contributed by atoms with Gasteiger partial charge in [0.2, 0.25) is 0 Å². The van der Waals surface area contributed by atoms with Gasteiger partial charge in [-0.15, -0.1) is 0 Å². The zero-order valence-corrected chi connectivity index (χ0v) is 14.5. The lowest BCUT2D eigenvalue weighted by Crippen LogP contribution is -2.28. The first kappa shape index (κ1) is 16.5. The molecule has 7 heteroatoms. The van der Waals surface area contributed by atoms with Gasteiger partial charge in [0, 0.05) is 37.0 Å². The Morgan fingerprint density at radius 2 is 2.00 bits per heavy atom. The molecule has 0 spiro atoms. The van der Waals surface area contributed by atoms with Crippen LogP contribution in [0, 0.1) is 12.7 Å². The van der Waals surface area contributed by atoms with Crippen molar-refractivity contribution in [1.82, 2.24) is 19.5 Å². The highest BCUT2D eigenvalue weighted by Gasteiger charge is 2.24. The minimum absolute atomic E-state index is 0.116. The summed E-state index contributed by atoms with van der Waals surface area (Å²) in [7, 11) is 0. The quantitative estimate of drug-likeness (QED) is 0.785. The number of nitrogens with zero attached hydrogens (tertiary/aromatic N) is 3. The van der Waals surface area contributed by atoms with Gasteiger partial charge in [0.1, 0.15) is 11.4 Å². The van der Waals surface area contributed by atoms with E-state index in [1.165, 1.54) is 16.8 Å². The Morgan fingerprint density at radius 3 is 2.73 bits per heavy atom. The molecule has 2 aromatic heterocycles. The minimum atomic E-state index is -0.354. The Hall–Kier alpha value is -2.96. The lowest BCUT2D eigenvalue weighted by atomic mass is 10.0. The van der Waals surface area contributed by atoms with Crippen LogP contribution in [0.15, 0.2) is 35.3 Å². The van der Waals surface area contributed by atoms with E-state index in [-0.39, 0.29) is 23.7 Å². The van der Waals surface area contributed by atoms with Gasteiger partial charge in [-0.1, -0.05) is 18.2 Å². The van der Waals surface area contributed by atoms with Crippen molar-refractivity contribution in [3.05, 3.63) is 69.0 Å². The smallest absolute Gasteiger partial charge is 0.276 e. The van der Waals surface area contributed by atoms with E-state index in [1.807, 2.05) is 0 Å². The lowest BCUT2D eigenvalue weighted by molar-refractivity contribution is 0.0794. The Morgan fingerprint density at radius 1 is 1.27 bits per heavy atom. The summed E-state index contributed by atoms with van der Waals surface area (Å²) in [6, 6.07) is 6.37. The van der Waals surface area contributed by atoms with Crippen molar-refractivity contribution >= 4 is 11.6 Å². The fourth-order valence-electron chi connectivity index (χ4n) is 3.44. The Labute approximate surface area is 149 Å². The van der Waals surface area contributed by atoms with Crippen LogP contribution < -0.4 is 5.56 Å². The average molecular weight is 354 g/mol. The molecule has 134 valence electrons. The van der Waals surface area contributed by atoms with Crippen molar-refractivity contribution in [3.8, 4) is 0 Å². The molecule has 1 aromatic carbocycles. The van der Waals surface area contributed by atoms with Gasteiger partial charge in [-0.3, -0.25) is 14.7 Å². The molecule has 0 radical (unpaired) electrons. The van der Waals surface area contributed by atoms with Gasteiger partial charge in [0.15, 0.2) is 5.65 Å². The molecule has 26 heavy (non-hydrogen) atoms. The third-order valence-electron chi connectivity index (χ3n) is 4.91. The second-order valence-electron chi connectivity index (χ2n) is 6.59. The molecule has 4 rings (SSSR count). The predicted octanol–water partition coefficient (Wildman–Crippen LogP) is 2.30. The molecule has 0 saturated carbocycles. The van der Waals surface area contributed by atoms with E-state index in [9.17, 15) is 14.0 Å². The zero-order valence-electron chi connectivity index (χ0n) is 14.5.